The first-order chi connectivity index (χ1) is 9.61. The van der Waals surface area contributed by atoms with Crippen LogP contribution in [0.1, 0.15) is 16.8 Å². The summed E-state index contributed by atoms with van der Waals surface area (Å²) in [6.07, 6.45) is 3.74. The normalized spacial score (nSPS) is 15.0. The summed E-state index contributed by atoms with van der Waals surface area (Å²) in [5, 5.41) is 11.0. The predicted molar refractivity (Wildman–Crippen MR) is 75.5 cm³/mol. The number of H-pyrrole nitrogens is 2. The van der Waals surface area contributed by atoms with Crippen molar-refractivity contribution in [3.63, 3.8) is 0 Å². The van der Waals surface area contributed by atoms with E-state index in [9.17, 15) is 10.0 Å². The first-order valence-corrected chi connectivity index (χ1v) is 6.77. The molecule has 104 valence electrons. The van der Waals surface area contributed by atoms with E-state index in [1.54, 1.807) is 12.1 Å². The lowest BCUT2D eigenvalue weighted by Crippen LogP contribution is -2.35. The molecule has 0 amide bonds. The molecule has 6 nitrogen and oxygen atoms in total. The molecule has 2 aromatic heterocycles. The molecule has 0 saturated carbocycles. The van der Waals surface area contributed by atoms with E-state index in [4.69, 9.17) is 12.2 Å². The number of aromatic nitrogens is 3. The summed E-state index contributed by atoms with van der Waals surface area (Å²) >= 11 is 4.97. The number of nitrogens with zero attached hydrogens (tertiary/aromatic N) is 2. The van der Waals surface area contributed by atoms with Gasteiger partial charge in [0.25, 0.3) is 5.56 Å². The van der Waals surface area contributed by atoms with Crippen LogP contribution in [0, 0.1) is 9.98 Å². The lowest BCUT2D eigenvalue weighted by molar-refractivity contribution is -0.605. The Morgan fingerprint density at radius 2 is 2.10 bits per heavy atom. The van der Waals surface area contributed by atoms with Crippen LogP contribution in [0.15, 0.2) is 29.3 Å². The van der Waals surface area contributed by atoms with Crippen molar-refractivity contribution in [3.8, 4) is 0 Å². The zero-order chi connectivity index (χ0) is 14.1. The summed E-state index contributed by atoms with van der Waals surface area (Å²) < 4.78 is 1.14. The molecule has 7 heteroatoms. The summed E-state index contributed by atoms with van der Waals surface area (Å²) in [6, 6.07) is 3.59. The number of aromatic amines is 2. The summed E-state index contributed by atoms with van der Waals surface area (Å²) in [4.78, 5) is 19.8. The van der Waals surface area contributed by atoms with Gasteiger partial charge in [-0.2, -0.15) is 4.73 Å². The summed E-state index contributed by atoms with van der Waals surface area (Å²) in [5.41, 5.74) is 2.62. The molecule has 0 aliphatic carbocycles. The molecule has 3 heterocycles. The maximum Gasteiger partial charge on any atom is 0.256 e. The molecular formula is C13H14N4O2S. The van der Waals surface area contributed by atoms with Gasteiger partial charge >= 0.3 is 0 Å². The highest BCUT2D eigenvalue weighted by atomic mass is 32.1. The Balaban J connectivity index is 1.80. The molecule has 2 aromatic rings. The van der Waals surface area contributed by atoms with Gasteiger partial charge in [0.05, 0.1) is 5.56 Å². The van der Waals surface area contributed by atoms with Gasteiger partial charge in [0.2, 0.25) is 0 Å². The molecule has 20 heavy (non-hydrogen) atoms. The van der Waals surface area contributed by atoms with Crippen molar-refractivity contribution in [2.75, 3.05) is 6.54 Å². The van der Waals surface area contributed by atoms with E-state index in [1.807, 2.05) is 0 Å². The van der Waals surface area contributed by atoms with Gasteiger partial charge in [0.15, 0.2) is 17.2 Å². The Morgan fingerprint density at radius 3 is 2.85 bits per heavy atom. The summed E-state index contributed by atoms with van der Waals surface area (Å²) in [5.74, 6) is 0. The second kappa shape index (κ2) is 5.18. The monoisotopic (exact) mass is 290 g/mol. The molecule has 1 aliphatic heterocycles. The third-order valence-electron chi connectivity index (χ3n) is 3.47. The maximum atomic E-state index is 11.9. The van der Waals surface area contributed by atoms with Crippen molar-refractivity contribution in [1.82, 2.24) is 14.9 Å². The molecule has 0 spiro atoms. The molecule has 3 rings (SSSR count). The van der Waals surface area contributed by atoms with E-state index < -0.39 is 0 Å². The van der Waals surface area contributed by atoms with Crippen molar-refractivity contribution in [2.45, 2.75) is 19.5 Å². The SMILES string of the molecule is O=c1[nH]c(=S)[nH]c2c1CN(Cc1cc[n+]([O-])cc1)CC2. The average molecular weight is 290 g/mol. The van der Waals surface area contributed by atoms with Crippen molar-refractivity contribution >= 4 is 12.2 Å². The molecule has 2 N–H and O–H groups in total. The average Bonchev–Trinajstić information content (AvgIpc) is 2.42. The predicted octanol–water partition coefficient (Wildman–Crippen LogP) is 0.624. The third-order valence-corrected chi connectivity index (χ3v) is 3.67. The Kier molecular flexibility index (Phi) is 3.37. The number of rotatable bonds is 2. The molecule has 0 fully saturated rings. The summed E-state index contributed by atoms with van der Waals surface area (Å²) in [6.45, 7) is 2.16. The van der Waals surface area contributed by atoms with Crippen LogP contribution in [0.25, 0.3) is 0 Å². The van der Waals surface area contributed by atoms with E-state index in [0.29, 0.717) is 11.3 Å². The van der Waals surface area contributed by atoms with Crippen LogP contribution >= 0.6 is 12.2 Å². The van der Waals surface area contributed by atoms with Gasteiger partial charge in [-0.1, -0.05) is 0 Å². The molecule has 0 aromatic carbocycles. The number of pyridine rings is 1. The van der Waals surface area contributed by atoms with Gasteiger partial charge in [-0.05, 0) is 17.8 Å². The number of fused-ring (bicyclic) bond motifs is 1. The Labute approximate surface area is 120 Å². The quantitative estimate of drug-likeness (QED) is 0.483. The van der Waals surface area contributed by atoms with Gasteiger partial charge < -0.3 is 10.2 Å². The minimum absolute atomic E-state index is 0.112. The van der Waals surface area contributed by atoms with Crippen molar-refractivity contribution in [1.29, 1.82) is 0 Å². The Morgan fingerprint density at radius 1 is 1.35 bits per heavy atom. The van der Waals surface area contributed by atoms with Crippen LogP contribution in [0.5, 0.6) is 0 Å². The van der Waals surface area contributed by atoms with Gasteiger partial charge in [-0.25, -0.2) is 0 Å². The van der Waals surface area contributed by atoms with E-state index >= 15 is 0 Å². The Bertz CT molecular complexity index is 735. The third kappa shape index (κ3) is 2.63. The van der Waals surface area contributed by atoms with Crippen molar-refractivity contribution in [2.24, 2.45) is 0 Å². The fraction of sp³-hybridized carbons (Fsp3) is 0.308. The first kappa shape index (κ1) is 13.0. The van der Waals surface area contributed by atoms with Gasteiger partial charge in [0.1, 0.15) is 0 Å². The fourth-order valence-electron chi connectivity index (χ4n) is 2.45. The number of hydrogen-bond donors (Lipinski definition) is 2. The lowest BCUT2D eigenvalue weighted by Gasteiger charge is -2.27. The van der Waals surface area contributed by atoms with Crippen LogP contribution in [0.4, 0.5) is 0 Å². The molecule has 0 bridgehead atoms. The van der Waals surface area contributed by atoms with Gasteiger partial charge in [-0.15, -0.1) is 0 Å². The fourth-order valence-corrected chi connectivity index (χ4v) is 2.67. The minimum atomic E-state index is -0.112. The second-order valence-electron chi connectivity index (χ2n) is 4.89. The smallest absolute Gasteiger partial charge is 0.256 e. The lowest BCUT2D eigenvalue weighted by atomic mass is 10.1. The molecule has 0 radical (unpaired) electrons. The van der Waals surface area contributed by atoms with Crippen LogP contribution in [-0.4, -0.2) is 21.4 Å². The zero-order valence-corrected chi connectivity index (χ0v) is 11.6. The van der Waals surface area contributed by atoms with E-state index in [1.165, 1.54) is 12.4 Å². The molecule has 1 aliphatic rings. The largest absolute Gasteiger partial charge is 0.619 e. The minimum Gasteiger partial charge on any atom is -0.619 e. The highest BCUT2D eigenvalue weighted by Gasteiger charge is 2.19. The highest BCUT2D eigenvalue weighted by molar-refractivity contribution is 7.71. The van der Waals surface area contributed by atoms with Crippen molar-refractivity contribution < 1.29 is 4.73 Å². The summed E-state index contributed by atoms with van der Waals surface area (Å²) in [7, 11) is 0. The Hall–Kier alpha value is -1.99. The van der Waals surface area contributed by atoms with Crippen LogP contribution in [-0.2, 0) is 19.5 Å². The van der Waals surface area contributed by atoms with Crippen LogP contribution in [0.3, 0.4) is 0 Å². The van der Waals surface area contributed by atoms with E-state index in [0.717, 1.165) is 41.1 Å². The number of nitrogens with one attached hydrogen (secondary N) is 2. The zero-order valence-electron chi connectivity index (χ0n) is 10.8. The molecule has 0 saturated heterocycles. The molecule has 0 unspecified atom stereocenters. The van der Waals surface area contributed by atoms with E-state index in [-0.39, 0.29) is 5.56 Å². The van der Waals surface area contributed by atoms with Crippen molar-refractivity contribution in [3.05, 3.63) is 61.7 Å². The van der Waals surface area contributed by atoms with Gasteiger partial charge in [-0.3, -0.25) is 14.7 Å². The maximum absolute atomic E-state index is 11.9. The van der Waals surface area contributed by atoms with Gasteiger partial charge in [0, 0.05) is 43.9 Å². The second-order valence-corrected chi connectivity index (χ2v) is 5.30. The first-order valence-electron chi connectivity index (χ1n) is 6.36. The molecular weight excluding hydrogens is 276 g/mol. The van der Waals surface area contributed by atoms with E-state index in [2.05, 4.69) is 14.9 Å². The standard InChI is InChI=1S/C13H14N4O2S/c18-12-10-8-16(4-3-11(10)14-13(20)15-12)7-9-1-5-17(19)6-2-9/h1-2,5-6H,3-4,7-8H2,(H2,14,15,18,20). The number of hydrogen-bond acceptors (Lipinski definition) is 4. The van der Waals surface area contributed by atoms with Crippen LogP contribution < -0.4 is 10.3 Å². The molecule has 0 atom stereocenters. The highest BCUT2D eigenvalue weighted by Crippen LogP contribution is 2.15. The topological polar surface area (TPSA) is 78.8 Å². The van der Waals surface area contributed by atoms with Crippen LogP contribution in [0.2, 0.25) is 0 Å².